The number of likely N-dealkylation sites (tertiary alicyclic amines) is 1. The molecule has 0 bridgehead atoms. The highest BCUT2D eigenvalue weighted by Crippen LogP contribution is 2.72. The molecule has 8 heteroatoms. The van der Waals surface area contributed by atoms with E-state index in [1.54, 1.807) is 28.1 Å². The van der Waals surface area contributed by atoms with Crippen LogP contribution in [0.5, 0.6) is 0 Å². The molecule has 0 spiro atoms. The summed E-state index contributed by atoms with van der Waals surface area (Å²) in [5, 5.41) is 3.17. The number of rotatable bonds is 7. The summed E-state index contributed by atoms with van der Waals surface area (Å²) in [6, 6.07) is 0. The van der Waals surface area contributed by atoms with Crippen LogP contribution < -0.4 is 5.32 Å². The molecule has 0 aromatic heterocycles. The van der Waals surface area contributed by atoms with Gasteiger partial charge in [-0.15, -0.1) is 0 Å². The monoisotopic (exact) mass is 713 g/mol. The predicted octanol–water partition coefficient (Wildman–Crippen LogP) is 7.97. The summed E-state index contributed by atoms with van der Waals surface area (Å²) in [4.78, 5) is 51.8. The Labute approximate surface area is 310 Å². The normalized spacial score (nSPS) is 37.3. The average Bonchev–Trinajstić information content (AvgIpc) is 3.35. The van der Waals surface area contributed by atoms with E-state index in [4.69, 9.17) is 4.74 Å². The van der Waals surface area contributed by atoms with Crippen LogP contribution in [0.2, 0.25) is 0 Å². The van der Waals surface area contributed by atoms with Crippen molar-refractivity contribution in [1.82, 2.24) is 10.2 Å². The molecule has 0 aromatic carbocycles. The van der Waals surface area contributed by atoms with Gasteiger partial charge in [-0.2, -0.15) is 0 Å². The van der Waals surface area contributed by atoms with Gasteiger partial charge in [-0.25, -0.2) is 0 Å². The molecule has 0 radical (unpaired) electrons. The molecular weight excluding hydrogens is 640 g/mol. The van der Waals surface area contributed by atoms with E-state index in [1.165, 1.54) is 37.9 Å². The maximum absolute atomic E-state index is 13.3. The van der Waals surface area contributed by atoms with Gasteiger partial charge in [-0.05, 0) is 136 Å². The lowest BCUT2D eigenvalue weighted by atomic mass is 9.37. The fraction of sp³-hybridized carbons (Fsp3) is 0.860. The number of esters is 1. The van der Waals surface area contributed by atoms with Gasteiger partial charge in [0, 0.05) is 31.5 Å². The lowest BCUT2D eigenvalue weighted by Gasteiger charge is -2.68. The van der Waals surface area contributed by atoms with Crippen LogP contribution in [0, 0.1) is 51.2 Å². The van der Waals surface area contributed by atoms with Gasteiger partial charge in [-0.3, -0.25) is 14.4 Å². The average molecular weight is 713 g/mol. The van der Waals surface area contributed by atoms with Crippen LogP contribution in [-0.2, 0) is 28.7 Å². The third-order valence-corrected chi connectivity index (χ3v) is 14.6. The lowest BCUT2D eigenvalue weighted by Crippen LogP contribution is -2.64. The summed E-state index contributed by atoms with van der Waals surface area (Å²) in [6.07, 6.45) is 14.6. The summed E-state index contributed by atoms with van der Waals surface area (Å²) in [6.45, 7) is 20.1. The largest absolute Gasteiger partial charge is 0.462 e. The molecule has 1 heterocycles. The Hall–Kier alpha value is -2.06. The fourth-order valence-electron chi connectivity index (χ4n) is 12.4. The maximum atomic E-state index is 13.3. The SMILES string of the molecule is CC(C)C1=C2C3CCC4C(C)(CCC5C(C)(C)C(OC(=O)CC(C)(C)C=O)CCC54C)C3CCC2(NC=O)CC1=O.CN1CCCCC1.COC. The van der Waals surface area contributed by atoms with Crippen LogP contribution in [0.4, 0.5) is 0 Å². The smallest absolute Gasteiger partial charge is 0.307 e. The number of amides is 1. The number of ketones is 1. The van der Waals surface area contributed by atoms with E-state index in [1.807, 2.05) is 0 Å². The van der Waals surface area contributed by atoms with Crippen LogP contribution in [-0.4, -0.2) is 75.3 Å². The summed E-state index contributed by atoms with van der Waals surface area (Å²) in [5.41, 5.74) is 1.28. The van der Waals surface area contributed by atoms with Crippen molar-refractivity contribution in [3.8, 4) is 0 Å². The van der Waals surface area contributed by atoms with Gasteiger partial charge in [0.15, 0.2) is 5.78 Å². The summed E-state index contributed by atoms with van der Waals surface area (Å²) < 4.78 is 10.4. The quantitative estimate of drug-likeness (QED) is 0.211. The number of hydrogen-bond acceptors (Lipinski definition) is 7. The first-order chi connectivity index (χ1) is 23.9. The summed E-state index contributed by atoms with van der Waals surface area (Å²) in [5.74, 6) is 2.03. The van der Waals surface area contributed by atoms with E-state index in [-0.39, 0.29) is 46.4 Å². The van der Waals surface area contributed by atoms with E-state index in [0.717, 1.165) is 69.6 Å². The first-order valence-corrected chi connectivity index (χ1v) is 20.1. The number of nitrogens with zero attached hydrogens (tertiary/aromatic N) is 1. The highest BCUT2D eigenvalue weighted by atomic mass is 16.5. The van der Waals surface area contributed by atoms with E-state index in [9.17, 15) is 19.2 Å². The van der Waals surface area contributed by atoms with Gasteiger partial charge in [0.25, 0.3) is 0 Å². The van der Waals surface area contributed by atoms with Gasteiger partial charge in [0.1, 0.15) is 12.4 Å². The number of fused-ring (bicyclic) bond motifs is 7. The third-order valence-electron chi connectivity index (χ3n) is 14.6. The minimum Gasteiger partial charge on any atom is -0.462 e. The zero-order chi connectivity index (χ0) is 38.0. The van der Waals surface area contributed by atoms with E-state index in [0.29, 0.717) is 30.1 Å². The van der Waals surface area contributed by atoms with Crippen molar-refractivity contribution in [1.29, 1.82) is 0 Å². The molecular formula is C43H72N2O6. The molecule has 0 aromatic rings. The second kappa shape index (κ2) is 16.1. The lowest BCUT2D eigenvalue weighted by molar-refractivity contribution is -0.213. The second-order valence-corrected chi connectivity index (χ2v) is 19.3. The van der Waals surface area contributed by atoms with Crippen LogP contribution in [0.15, 0.2) is 11.1 Å². The Morgan fingerprint density at radius 2 is 1.55 bits per heavy atom. The molecule has 290 valence electrons. The van der Waals surface area contributed by atoms with Gasteiger partial charge in [0.05, 0.1) is 12.0 Å². The first kappa shape index (κ1) is 41.7. The minimum absolute atomic E-state index is 0.117. The minimum atomic E-state index is -0.705. The van der Waals surface area contributed by atoms with E-state index in [2.05, 4.69) is 63.5 Å². The van der Waals surface area contributed by atoms with Crippen molar-refractivity contribution in [3.63, 3.8) is 0 Å². The van der Waals surface area contributed by atoms with Crippen molar-refractivity contribution in [2.45, 2.75) is 151 Å². The molecule has 6 aliphatic rings. The standard InChI is InChI=1S/C35H53NO5.C6H13N.C2H6O/c1-21(2)29-24(39)17-35(36-20-38)16-11-23-22(30(29)35)9-10-26-33(23,7)14-12-25-32(5,6)27(13-15-34(25,26)8)41-28(40)18-31(3,4)19-37;1-7-5-3-2-4-6-7;1-3-2/h19-23,25-27H,9-18H2,1-8H3,(H,36,38);2-6H2,1H3;1-2H3. The third kappa shape index (κ3) is 8.07. The molecule has 51 heavy (non-hydrogen) atoms. The summed E-state index contributed by atoms with van der Waals surface area (Å²) in [7, 11) is 5.44. The fourth-order valence-corrected chi connectivity index (χ4v) is 12.4. The van der Waals surface area contributed by atoms with E-state index < -0.39 is 11.0 Å². The number of aldehydes is 1. The first-order valence-electron chi connectivity index (χ1n) is 20.1. The molecule has 1 saturated heterocycles. The van der Waals surface area contributed by atoms with Gasteiger partial charge < -0.3 is 24.5 Å². The zero-order valence-electron chi connectivity index (χ0n) is 34.1. The van der Waals surface area contributed by atoms with Crippen molar-refractivity contribution in [3.05, 3.63) is 11.1 Å². The Kier molecular flexibility index (Phi) is 13.2. The number of carbonyl (C=O) groups excluding carboxylic acids is 4. The predicted molar refractivity (Wildman–Crippen MR) is 203 cm³/mol. The molecule has 4 saturated carbocycles. The molecule has 1 N–H and O–H groups in total. The number of methoxy groups -OCH3 is 1. The highest BCUT2D eigenvalue weighted by molar-refractivity contribution is 6.01. The summed E-state index contributed by atoms with van der Waals surface area (Å²) >= 11 is 0. The number of piperidine rings is 1. The molecule has 5 aliphatic carbocycles. The van der Waals surface area contributed by atoms with Crippen molar-refractivity contribution in [2.24, 2.45) is 51.2 Å². The number of hydrogen-bond donors (Lipinski definition) is 1. The number of Topliss-reactive ketones (excluding diaryl/α,β-unsaturated/α-hetero) is 1. The highest BCUT2D eigenvalue weighted by Gasteiger charge is 2.66. The van der Waals surface area contributed by atoms with Crippen molar-refractivity contribution in [2.75, 3.05) is 34.4 Å². The number of nitrogens with one attached hydrogen (secondary N) is 1. The van der Waals surface area contributed by atoms with Gasteiger partial charge >= 0.3 is 5.97 Å². The van der Waals surface area contributed by atoms with Crippen molar-refractivity contribution >= 4 is 24.4 Å². The zero-order valence-corrected chi connectivity index (χ0v) is 34.1. The molecule has 8 atom stereocenters. The Bertz CT molecular complexity index is 1300. The molecule has 8 nitrogen and oxygen atoms in total. The van der Waals surface area contributed by atoms with Gasteiger partial charge in [-0.1, -0.05) is 61.8 Å². The maximum Gasteiger partial charge on any atom is 0.307 e. The number of ether oxygens (including phenoxy) is 2. The Morgan fingerprint density at radius 1 is 0.922 bits per heavy atom. The Balaban J connectivity index is 0.000000508. The molecule has 5 fully saturated rings. The second-order valence-electron chi connectivity index (χ2n) is 19.3. The van der Waals surface area contributed by atoms with Crippen LogP contribution in [0.25, 0.3) is 0 Å². The van der Waals surface area contributed by atoms with E-state index >= 15 is 0 Å². The molecule has 1 aliphatic heterocycles. The van der Waals surface area contributed by atoms with Crippen LogP contribution in [0.1, 0.15) is 139 Å². The number of allylic oxidation sites excluding steroid dienone is 1. The topological polar surface area (TPSA) is 102 Å². The van der Waals surface area contributed by atoms with Crippen LogP contribution >= 0.6 is 0 Å². The molecule has 1 amide bonds. The Morgan fingerprint density at radius 3 is 2.10 bits per heavy atom. The van der Waals surface area contributed by atoms with Gasteiger partial charge in [0.2, 0.25) is 6.41 Å². The molecule has 8 unspecified atom stereocenters. The molecule has 6 rings (SSSR count). The number of carbonyl (C=O) groups is 4. The van der Waals surface area contributed by atoms with Crippen molar-refractivity contribution < 1.29 is 28.7 Å². The van der Waals surface area contributed by atoms with Crippen LogP contribution in [0.3, 0.4) is 0 Å².